The molecule has 0 radical (unpaired) electrons. The molecule has 0 aromatic carbocycles. The molecular weight excluding hydrogens is 581 g/mol. The van der Waals surface area contributed by atoms with E-state index in [1.54, 1.807) is 13.0 Å². The van der Waals surface area contributed by atoms with E-state index in [9.17, 15) is 9.90 Å². The lowest BCUT2D eigenvalue weighted by Gasteiger charge is -2.41. The van der Waals surface area contributed by atoms with Crippen LogP contribution in [0.25, 0.3) is 0 Å². The van der Waals surface area contributed by atoms with Gasteiger partial charge in [0.05, 0.1) is 12.7 Å². The van der Waals surface area contributed by atoms with Gasteiger partial charge >= 0.3 is 5.97 Å². The van der Waals surface area contributed by atoms with Crippen LogP contribution in [0.2, 0.25) is 36.3 Å². The van der Waals surface area contributed by atoms with Gasteiger partial charge in [-0.2, -0.15) is 0 Å². The number of rotatable bonds is 25. The summed E-state index contributed by atoms with van der Waals surface area (Å²) in [5, 5.41) is 11.1. The highest BCUT2D eigenvalue weighted by molar-refractivity contribution is 6.74. The van der Waals surface area contributed by atoms with Crippen LogP contribution in [-0.4, -0.2) is 52.6 Å². The number of aliphatic hydroxyl groups excluding tert-OH is 1. The second-order valence-corrected chi connectivity index (χ2v) is 25.7. The number of carbonyl (C=O) groups excluding carboxylic acids is 1. The fraction of sp³-hybridized carbons (Fsp3) is 0.919. The summed E-state index contributed by atoms with van der Waals surface area (Å²) in [7, 11) is -3.99. The molecule has 0 aliphatic rings. The zero-order valence-corrected chi connectivity index (χ0v) is 33.5. The Kier molecular flexibility index (Phi) is 21.9. The van der Waals surface area contributed by atoms with Crippen LogP contribution in [0.3, 0.4) is 0 Å². The standard InChI is InChI=1S/C37H76O5Si2/c1-13-15-16-17-18-19-20-21-22-23-24-25-26-33(41-43(9,10)36(3,4)5)28-29-34(42-44(11,12)37(6,7)8)31-32(38)27-30-35(39)40-14-2/h27,30,32-34,38H,13-26,28-29,31H2,1-12H3/b30-27+/t32-,33+,34+/m1/s1. The number of unbranched alkanes of at least 4 members (excludes halogenated alkanes) is 11. The first-order valence-corrected chi connectivity index (χ1v) is 24.1. The topological polar surface area (TPSA) is 65.0 Å². The van der Waals surface area contributed by atoms with Crippen LogP contribution in [0.1, 0.15) is 158 Å². The van der Waals surface area contributed by atoms with Crippen molar-refractivity contribution in [2.75, 3.05) is 6.61 Å². The molecule has 7 heteroatoms. The third kappa shape index (κ3) is 19.9. The SMILES string of the molecule is CCCCCCCCCCCCCC[C@@H](CC[C@@H](C[C@H](O)/C=C/C(=O)OCC)O[Si](C)(C)C(C)(C)C)O[Si](C)(C)C(C)(C)C. The summed E-state index contributed by atoms with van der Waals surface area (Å²) in [6, 6.07) is 0. The molecular formula is C37H76O5Si2. The van der Waals surface area contributed by atoms with Gasteiger partial charge in [0.1, 0.15) is 0 Å². The highest BCUT2D eigenvalue weighted by atomic mass is 28.4. The summed E-state index contributed by atoms with van der Waals surface area (Å²) in [6.45, 7) is 27.4. The van der Waals surface area contributed by atoms with Gasteiger partial charge in [-0.05, 0) is 68.5 Å². The van der Waals surface area contributed by atoms with E-state index in [4.69, 9.17) is 13.6 Å². The number of aliphatic hydroxyl groups is 1. The van der Waals surface area contributed by atoms with Crippen molar-refractivity contribution >= 4 is 22.6 Å². The van der Waals surface area contributed by atoms with Gasteiger partial charge in [0.2, 0.25) is 0 Å². The predicted octanol–water partition coefficient (Wildman–Crippen LogP) is 11.5. The second-order valence-electron chi connectivity index (χ2n) is 16.2. The van der Waals surface area contributed by atoms with E-state index in [0.717, 1.165) is 19.3 Å². The maximum atomic E-state index is 11.8. The Labute approximate surface area is 276 Å². The van der Waals surface area contributed by atoms with Crippen LogP contribution in [0, 0.1) is 0 Å². The number of esters is 1. The molecule has 0 saturated carbocycles. The number of ether oxygens (including phenoxy) is 1. The zero-order valence-electron chi connectivity index (χ0n) is 31.5. The Morgan fingerprint density at radius 1 is 0.659 bits per heavy atom. The monoisotopic (exact) mass is 657 g/mol. The van der Waals surface area contributed by atoms with E-state index in [1.165, 1.54) is 83.1 Å². The van der Waals surface area contributed by atoms with E-state index >= 15 is 0 Å². The van der Waals surface area contributed by atoms with E-state index in [0.29, 0.717) is 13.0 Å². The van der Waals surface area contributed by atoms with Gasteiger partial charge in [0.15, 0.2) is 16.6 Å². The highest BCUT2D eigenvalue weighted by Gasteiger charge is 2.41. The summed E-state index contributed by atoms with van der Waals surface area (Å²) in [5.74, 6) is -0.418. The first-order chi connectivity index (χ1) is 20.4. The Balaban J connectivity index is 5.26. The van der Waals surface area contributed by atoms with Crippen LogP contribution >= 0.6 is 0 Å². The van der Waals surface area contributed by atoms with Crippen molar-refractivity contribution in [2.24, 2.45) is 0 Å². The third-order valence-corrected chi connectivity index (χ3v) is 19.0. The van der Waals surface area contributed by atoms with Crippen molar-refractivity contribution in [1.82, 2.24) is 0 Å². The average molecular weight is 657 g/mol. The molecule has 5 nitrogen and oxygen atoms in total. The maximum Gasteiger partial charge on any atom is 0.330 e. The molecule has 1 N–H and O–H groups in total. The van der Waals surface area contributed by atoms with Gasteiger partial charge in [0.25, 0.3) is 0 Å². The summed E-state index contributed by atoms with van der Waals surface area (Å²) < 4.78 is 18.9. The molecule has 0 heterocycles. The summed E-state index contributed by atoms with van der Waals surface area (Å²) in [5.41, 5.74) is 0. The number of hydrogen-bond acceptors (Lipinski definition) is 5. The minimum absolute atomic E-state index is 0.0725. The Hall–Kier alpha value is -0.476. The molecule has 0 spiro atoms. The Morgan fingerprint density at radius 2 is 1.07 bits per heavy atom. The average Bonchev–Trinajstić information content (AvgIpc) is 2.89. The number of carbonyl (C=O) groups is 1. The van der Waals surface area contributed by atoms with E-state index in [2.05, 4.69) is 74.7 Å². The molecule has 0 aromatic heterocycles. The van der Waals surface area contributed by atoms with Crippen LogP contribution in [0.4, 0.5) is 0 Å². The Bertz CT molecular complexity index is 767. The minimum atomic E-state index is -2.06. The second kappa shape index (κ2) is 22.2. The zero-order chi connectivity index (χ0) is 33.9. The summed E-state index contributed by atoms with van der Waals surface area (Å²) in [6.07, 6.45) is 21.8. The van der Waals surface area contributed by atoms with Gasteiger partial charge in [-0.3, -0.25) is 0 Å². The Morgan fingerprint density at radius 3 is 1.50 bits per heavy atom. The predicted molar refractivity (Wildman–Crippen MR) is 195 cm³/mol. The smallest absolute Gasteiger partial charge is 0.330 e. The van der Waals surface area contributed by atoms with E-state index in [1.807, 2.05) is 0 Å². The van der Waals surface area contributed by atoms with Crippen molar-refractivity contribution in [1.29, 1.82) is 0 Å². The molecule has 0 aliphatic carbocycles. The first-order valence-electron chi connectivity index (χ1n) is 18.2. The molecule has 0 bridgehead atoms. The molecule has 0 amide bonds. The molecule has 0 aromatic rings. The van der Waals surface area contributed by atoms with Crippen LogP contribution in [-0.2, 0) is 18.4 Å². The molecule has 0 rings (SSSR count). The van der Waals surface area contributed by atoms with E-state index in [-0.39, 0.29) is 22.3 Å². The minimum Gasteiger partial charge on any atom is -0.463 e. The van der Waals surface area contributed by atoms with Gasteiger partial charge in [-0.25, -0.2) is 4.79 Å². The largest absolute Gasteiger partial charge is 0.463 e. The number of hydrogen-bond donors (Lipinski definition) is 1. The van der Waals surface area contributed by atoms with E-state index < -0.39 is 28.7 Å². The quantitative estimate of drug-likeness (QED) is 0.0458. The van der Waals surface area contributed by atoms with Crippen molar-refractivity contribution in [3.8, 4) is 0 Å². The van der Waals surface area contributed by atoms with Crippen molar-refractivity contribution in [3.05, 3.63) is 12.2 Å². The molecule has 3 atom stereocenters. The lowest BCUT2D eigenvalue weighted by molar-refractivity contribution is -0.137. The maximum absolute atomic E-state index is 11.8. The van der Waals surface area contributed by atoms with Crippen LogP contribution in [0.15, 0.2) is 12.2 Å². The fourth-order valence-corrected chi connectivity index (χ4v) is 7.81. The molecule has 0 unspecified atom stereocenters. The molecule has 0 aliphatic heterocycles. The fourth-order valence-electron chi connectivity index (χ4n) is 4.99. The lowest BCUT2D eigenvalue weighted by Crippen LogP contribution is -2.46. The summed E-state index contributed by atoms with van der Waals surface area (Å²) >= 11 is 0. The third-order valence-electron chi connectivity index (χ3n) is 9.97. The first kappa shape index (κ1) is 43.5. The summed E-state index contributed by atoms with van der Waals surface area (Å²) in [4.78, 5) is 11.8. The van der Waals surface area contributed by atoms with Gasteiger partial charge in [-0.1, -0.05) is 126 Å². The van der Waals surface area contributed by atoms with Gasteiger partial charge < -0.3 is 18.7 Å². The normalized spacial score (nSPS) is 15.5. The van der Waals surface area contributed by atoms with Gasteiger partial charge in [-0.15, -0.1) is 0 Å². The van der Waals surface area contributed by atoms with Gasteiger partial charge in [0, 0.05) is 24.7 Å². The highest BCUT2D eigenvalue weighted by Crippen LogP contribution is 2.40. The van der Waals surface area contributed by atoms with Crippen LogP contribution in [0.5, 0.6) is 0 Å². The molecule has 44 heavy (non-hydrogen) atoms. The van der Waals surface area contributed by atoms with Crippen molar-refractivity contribution in [2.45, 2.75) is 213 Å². The molecule has 0 saturated heterocycles. The van der Waals surface area contributed by atoms with Crippen molar-refractivity contribution in [3.63, 3.8) is 0 Å². The van der Waals surface area contributed by atoms with Crippen LogP contribution < -0.4 is 0 Å². The van der Waals surface area contributed by atoms with Crippen molar-refractivity contribution < 1.29 is 23.5 Å². The lowest BCUT2D eigenvalue weighted by atomic mass is 10.00. The molecule has 262 valence electrons. The molecule has 0 fully saturated rings.